The third-order valence-corrected chi connectivity index (χ3v) is 3.90. The zero-order chi connectivity index (χ0) is 11.5. The van der Waals surface area contributed by atoms with Crippen LogP contribution in [0.25, 0.3) is 0 Å². The lowest BCUT2D eigenvalue weighted by molar-refractivity contribution is -0.132. The van der Waals surface area contributed by atoms with Gasteiger partial charge in [-0.05, 0) is 18.8 Å². The minimum Gasteiger partial charge on any atom is -0.350 e. The molecule has 0 bridgehead atoms. The molecule has 98 valence electrons. The van der Waals surface area contributed by atoms with Gasteiger partial charge in [0, 0.05) is 12.6 Å². The Balaban J connectivity index is 0.00000144. The molecule has 0 aromatic heterocycles. The summed E-state index contributed by atoms with van der Waals surface area (Å²) in [4.78, 5) is 24.6. The lowest BCUT2D eigenvalue weighted by Crippen LogP contribution is -2.46. The zero-order valence-electron chi connectivity index (χ0n) is 9.55. The molecular weight excluding hydrogens is 262 g/mol. The fourth-order valence-electron chi connectivity index (χ4n) is 1.83. The number of rotatable bonds is 5. The van der Waals surface area contributed by atoms with Crippen LogP contribution in [-0.2, 0) is 9.59 Å². The number of nitrogens with zero attached hydrogens (tertiary/aromatic N) is 1. The van der Waals surface area contributed by atoms with Gasteiger partial charge in [0.2, 0.25) is 11.8 Å². The highest BCUT2D eigenvalue weighted by atomic mass is 35.5. The Morgan fingerprint density at radius 3 is 2.76 bits per heavy atom. The van der Waals surface area contributed by atoms with Crippen molar-refractivity contribution < 1.29 is 9.59 Å². The van der Waals surface area contributed by atoms with E-state index in [1.807, 2.05) is 0 Å². The first kappa shape index (κ1) is 14.6. The van der Waals surface area contributed by atoms with Gasteiger partial charge in [0.25, 0.3) is 0 Å². The highest BCUT2D eigenvalue weighted by Gasteiger charge is 2.32. The van der Waals surface area contributed by atoms with E-state index in [0.29, 0.717) is 24.1 Å². The summed E-state index contributed by atoms with van der Waals surface area (Å²) in [7, 11) is 0. The highest BCUT2D eigenvalue weighted by Crippen LogP contribution is 2.32. The molecule has 0 radical (unpaired) electrons. The van der Waals surface area contributed by atoms with E-state index in [1.54, 1.807) is 16.7 Å². The molecule has 5 nitrogen and oxygen atoms in total. The van der Waals surface area contributed by atoms with Gasteiger partial charge in [-0.3, -0.25) is 9.59 Å². The molecule has 17 heavy (non-hydrogen) atoms. The van der Waals surface area contributed by atoms with Crippen LogP contribution in [0.2, 0.25) is 0 Å². The maximum absolute atomic E-state index is 11.7. The Labute approximate surface area is 111 Å². The zero-order valence-corrected chi connectivity index (χ0v) is 11.2. The van der Waals surface area contributed by atoms with E-state index in [2.05, 4.69) is 5.32 Å². The van der Waals surface area contributed by atoms with E-state index in [0.717, 1.165) is 12.8 Å². The first-order chi connectivity index (χ1) is 7.70. The first-order valence-corrected chi connectivity index (χ1v) is 6.71. The molecule has 0 aromatic carbocycles. The lowest BCUT2D eigenvalue weighted by atomic mass is 10.2. The second-order valence-electron chi connectivity index (χ2n) is 4.32. The number of nitrogens with one attached hydrogen (secondary N) is 1. The average molecular weight is 280 g/mol. The predicted octanol–water partition coefficient (Wildman–Crippen LogP) is -0.205. The Morgan fingerprint density at radius 2 is 2.29 bits per heavy atom. The van der Waals surface area contributed by atoms with E-state index in [-0.39, 0.29) is 36.8 Å². The maximum atomic E-state index is 11.7. The fourth-order valence-corrected chi connectivity index (χ4v) is 2.74. The molecule has 0 spiro atoms. The van der Waals surface area contributed by atoms with Crippen molar-refractivity contribution in [3.05, 3.63) is 0 Å². The SMILES string of the molecule is Cl.NCC(NC(=O)CN1CSCC1=O)C1CC1. The molecule has 2 amide bonds. The molecule has 7 heteroatoms. The van der Waals surface area contributed by atoms with Gasteiger partial charge in [-0.2, -0.15) is 0 Å². The molecule has 1 atom stereocenters. The molecule has 2 rings (SSSR count). The van der Waals surface area contributed by atoms with Crippen molar-refractivity contribution in [3.8, 4) is 0 Å². The number of nitrogens with two attached hydrogens (primary N) is 1. The van der Waals surface area contributed by atoms with Crippen LogP contribution in [0.5, 0.6) is 0 Å². The number of hydrogen-bond donors (Lipinski definition) is 2. The van der Waals surface area contributed by atoms with Gasteiger partial charge < -0.3 is 16.0 Å². The Hall–Kier alpha value is -0.460. The average Bonchev–Trinajstić information content (AvgIpc) is 3.02. The quantitative estimate of drug-likeness (QED) is 0.731. The molecule has 1 aliphatic heterocycles. The number of thioether (sulfide) groups is 1. The van der Waals surface area contributed by atoms with Gasteiger partial charge in [-0.1, -0.05) is 0 Å². The van der Waals surface area contributed by atoms with Crippen molar-refractivity contribution in [2.75, 3.05) is 24.7 Å². The molecule has 1 heterocycles. The van der Waals surface area contributed by atoms with E-state index in [4.69, 9.17) is 5.73 Å². The maximum Gasteiger partial charge on any atom is 0.239 e. The molecule has 2 aliphatic rings. The summed E-state index contributed by atoms with van der Waals surface area (Å²) >= 11 is 1.55. The van der Waals surface area contributed by atoms with Crippen molar-refractivity contribution in [2.45, 2.75) is 18.9 Å². The number of halogens is 1. The van der Waals surface area contributed by atoms with Crippen molar-refractivity contribution in [1.29, 1.82) is 0 Å². The molecule has 1 aliphatic carbocycles. The van der Waals surface area contributed by atoms with E-state index >= 15 is 0 Å². The van der Waals surface area contributed by atoms with E-state index < -0.39 is 0 Å². The summed E-state index contributed by atoms with van der Waals surface area (Å²) < 4.78 is 0. The fraction of sp³-hybridized carbons (Fsp3) is 0.800. The number of carbonyl (C=O) groups excluding carboxylic acids is 2. The lowest BCUT2D eigenvalue weighted by Gasteiger charge is -2.19. The van der Waals surface area contributed by atoms with Crippen molar-refractivity contribution in [1.82, 2.24) is 10.2 Å². The summed E-state index contributed by atoms with van der Waals surface area (Å²) in [6.45, 7) is 0.661. The topological polar surface area (TPSA) is 75.4 Å². The third kappa shape index (κ3) is 4.04. The number of amides is 2. The Kier molecular flexibility index (Phi) is 5.55. The van der Waals surface area contributed by atoms with Gasteiger partial charge in [-0.25, -0.2) is 0 Å². The van der Waals surface area contributed by atoms with Crippen LogP contribution in [0, 0.1) is 5.92 Å². The third-order valence-electron chi connectivity index (χ3n) is 2.95. The van der Waals surface area contributed by atoms with Gasteiger partial charge >= 0.3 is 0 Å². The van der Waals surface area contributed by atoms with Crippen LogP contribution < -0.4 is 11.1 Å². The van der Waals surface area contributed by atoms with Crippen LogP contribution in [0.15, 0.2) is 0 Å². The van der Waals surface area contributed by atoms with E-state index in [1.165, 1.54) is 0 Å². The van der Waals surface area contributed by atoms with Crippen molar-refractivity contribution in [3.63, 3.8) is 0 Å². The second-order valence-corrected chi connectivity index (χ2v) is 5.27. The van der Waals surface area contributed by atoms with Crippen LogP contribution in [0.4, 0.5) is 0 Å². The number of hydrogen-bond acceptors (Lipinski definition) is 4. The van der Waals surface area contributed by atoms with Crippen LogP contribution in [-0.4, -0.2) is 47.5 Å². The van der Waals surface area contributed by atoms with Gasteiger partial charge in [0.05, 0.1) is 11.6 Å². The molecule has 1 saturated heterocycles. The van der Waals surface area contributed by atoms with Crippen LogP contribution in [0.3, 0.4) is 0 Å². The van der Waals surface area contributed by atoms with Crippen LogP contribution in [0.1, 0.15) is 12.8 Å². The standard InChI is InChI=1S/C10H17N3O2S.ClH/c11-3-8(7-1-2-7)12-9(14)4-13-6-16-5-10(13)15;/h7-8H,1-6,11H2,(H,12,14);1H. The first-order valence-electron chi connectivity index (χ1n) is 5.55. The summed E-state index contributed by atoms with van der Waals surface area (Å²) in [5.74, 6) is 1.64. The Bertz CT molecular complexity index is 299. The van der Waals surface area contributed by atoms with Gasteiger partial charge in [0.1, 0.15) is 6.54 Å². The monoisotopic (exact) mass is 279 g/mol. The summed E-state index contributed by atoms with van der Waals surface area (Å²) in [6, 6.07) is 0.0952. The molecular formula is C10H18ClN3O2S. The highest BCUT2D eigenvalue weighted by molar-refractivity contribution is 8.00. The molecule has 1 unspecified atom stereocenters. The van der Waals surface area contributed by atoms with Gasteiger partial charge in [-0.15, -0.1) is 24.2 Å². The Morgan fingerprint density at radius 1 is 1.59 bits per heavy atom. The van der Waals surface area contributed by atoms with Gasteiger partial charge in [0.15, 0.2) is 0 Å². The largest absolute Gasteiger partial charge is 0.350 e. The molecule has 2 fully saturated rings. The molecule has 3 N–H and O–H groups in total. The summed E-state index contributed by atoms with van der Waals surface area (Å²) in [5.41, 5.74) is 5.60. The second kappa shape index (κ2) is 6.47. The van der Waals surface area contributed by atoms with Crippen molar-refractivity contribution >= 4 is 36.0 Å². The minimum atomic E-state index is -0.0850. The predicted molar refractivity (Wildman–Crippen MR) is 70.0 cm³/mol. The summed E-state index contributed by atoms with van der Waals surface area (Å²) in [5, 5.41) is 2.91. The van der Waals surface area contributed by atoms with Crippen LogP contribution >= 0.6 is 24.2 Å². The smallest absolute Gasteiger partial charge is 0.239 e. The van der Waals surface area contributed by atoms with E-state index in [9.17, 15) is 9.59 Å². The summed E-state index contributed by atoms with van der Waals surface area (Å²) in [6.07, 6.45) is 2.31. The molecule has 1 saturated carbocycles. The minimum absolute atomic E-state index is 0. The molecule has 0 aromatic rings. The van der Waals surface area contributed by atoms with Crippen molar-refractivity contribution in [2.24, 2.45) is 11.7 Å². The normalized spacial score (nSPS) is 21.0. The number of carbonyl (C=O) groups is 2.